The maximum atomic E-state index is 12.5. The number of carbonyl (C=O) groups excluding carboxylic acids is 4. The van der Waals surface area contributed by atoms with Gasteiger partial charge >= 0.3 is 0 Å². The van der Waals surface area contributed by atoms with Crippen molar-refractivity contribution in [2.75, 3.05) is 13.1 Å². The molecule has 2 unspecified atom stereocenters. The third-order valence-corrected chi connectivity index (χ3v) is 5.72. The van der Waals surface area contributed by atoms with Crippen LogP contribution in [0, 0.1) is 0 Å². The third kappa shape index (κ3) is 2.77. The molecule has 4 amide bonds. The van der Waals surface area contributed by atoms with Crippen LogP contribution in [0.1, 0.15) is 54.3 Å². The predicted octanol–water partition coefficient (Wildman–Crippen LogP) is 2.13. The molecule has 5 rings (SSSR count). The van der Waals surface area contributed by atoms with Crippen LogP contribution < -0.4 is 0 Å². The smallest absolute Gasteiger partial charge is 0.261 e. The first-order chi connectivity index (χ1) is 14.0. The Bertz CT molecular complexity index is 909. The Morgan fingerprint density at radius 1 is 0.621 bits per heavy atom. The Labute approximate surface area is 166 Å². The zero-order valence-electron chi connectivity index (χ0n) is 15.5. The van der Waals surface area contributed by atoms with Crippen molar-refractivity contribution in [1.29, 1.82) is 0 Å². The molecule has 3 aliphatic rings. The summed E-state index contributed by atoms with van der Waals surface area (Å²) in [6.45, 7) is 0.343. The average Bonchev–Trinajstić information content (AvgIpc) is 3.36. The van der Waals surface area contributed by atoms with Gasteiger partial charge < -0.3 is 4.74 Å². The number of amides is 4. The highest BCUT2D eigenvalue weighted by atomic mass is 16.5. The van der Waals surface area contributed by atoms with Crippen molar-refractivity contribution in [2.45, 2.75) is 25.0 Å². The summed E-state index contributed by atoms with van der Waals surface area (Å²) in [6, 6.07) is 13.5. The molecule has 1 saturated heterocycles. The molecule has 29 heavy (non-hydrogen) atoms. The van der Waals surface area contributed by atoms with E-state index in [-0.39, 0.29) is 48.9 Å². The summed E-state index contributed by atoms with van der Waals surface area (Å²) >= 11 is 0. The van der Waals surface area contributed by atoms with Crippen LogP contribution in [0.5, 0.6) is 0 Å². The molecule has 0 radical (unpaired) electrons. The molecule has 0 spiro atoms. The Morgan fingerprint density at radius 3 is 1.24 bits per heavy atom. The molecule has 1 fully saturated rings. The Balaban J connectivity index is 1.23. The summed E-state index contributed by atoms with van der Waals surface area (Å²) in [5.41, 5.74) is 1.66. The third-order valence-electron chi connectivity index (χ3n) is 5.72. The second-order valence-corrected chi connectivity index (χ2v) is 7.49. The topological polar surface area (TPSA) is 84.0 Å². The molecule has 3 heterocycles. The van der Waals surface area contributed by atoms with Crippen molar-refractivity contribution in [3.63, 3.8) is 0 Å². The molecule has 0 saturated carbocycles. The van der Waals surface area contributed by atoms with Gasteiger partial charge in [-0.3, -0.25) is 29.0 Å². The van der Waals surface area contributed by atoms with Gasteiger partial charge in [-0.25, -0.2) is 0 Å². The van der Waals surface area contributed by atoms with Crippen LogP contribution >= 0.6 is 0 Å². The molecule has 3 aliphatic heterocycles. The van der Waals surface area contributed by atoms with E-state index in [0.29, 0.717) is 35.1 Å². The fourth-order valence-corrected chi connectivity index (χ4v) is 4.27. The zero-order chi connectivity index (χ0) is 20.1. The molecule has 2 atom stereocenters. The van der Waals surface area contributed by atoms with Crippen LogP contribution in [-0.4, -0.2) is 58.7 Å². The van der Waals surface area contributed by atoms with Crippen molar-refractivity contribution < 1.29 is 23.9 Å². The van der Waals surface area contributed by atoms with E-state index >= 15 is 0 Å². The fraction of sp³-hybridized carbons (Fsp3) is 0.273. The number of imide groups is 2. The molecule has 2 aromatic rings. The maximum absolute atomic E-state index is 12.5. The van der Waals surface area contributed by atoms with E-state index in [1.807, 2.05) is 0 Å². The molecule has 0 aromatic heterocycles. The lowest BCUT2D eigenvalue weighted by Gasteiger charge is -2.21. The maximum Gasteiger partial charge on any atom is 0.261 e. The highest BCUT2D eigenvalue weighted by Crippen LogP contribution is 2.29. The van der Waals surface area contributed by atoms with Gasteiger partial charge in [0.25, 0.3) is 23.6 Å². The molecule has 2 aromatic carbocycles. The van der Waals surface area contributed by atoms with Gasteiger partial charge in [0, 0.05) is 0 Å². The van der Waals surface area contributed by atoms with Gasteiger partial charge in [0.05, 0.1) is 47.6 Å². The van der Waals surface area contributed by atoms with Gasteiger partial charge in [0.1, 0.15) is 0 Å². The normalized spacial score (nSPS) is 23.2. The summed E-state index contributed by atoms with van der Waals surface area (Å²) < 4.78 is 5.98. The quantitative estimate of drug-likeness (QED) is 0.747. The van der Waals surface area contributed by atoms with Gasteiger partial charge in [-0.1, -0.05) is 24.3 Å². The molecule has 7 heteroatoms. The fourth-order valence-electron chi connectivity index (χ4n) is 4.27. The van der Waals surface area contributed by atoms with Crippen molar-refractivity contribution in [1.82, 2.24) is 9.80 Å². The lowest BCUT2D eigenvalue weighted by molar-refractivity contribution is 0.0105. The number of nitrogens with zero attached hydrogens (tertiary/aromatic N) is 2. The van der Waals surface area contributed by atoms with E-state index < -0.39 is 0 Å². The van der Waals surface area contributed by atoms with Gasteiger partial charge in [0.15, 0.2) is 0 Å². The summed E-state index contributed by atoms with van der Waals surface area (Å²) in [4.78, 5) is 52.5. The van der Waals surface area contributed by atoms with Crippen LogP contribution in [0.2, 0.25) is 0 Å². The first-order valence-corrected chi connectivity index (χ1v) is 9.60. The van der Waals surface area contributed by atoms with Crippen LogP contribution in [0.4, 0.5) is 0 Å². The highest BCUT2D eigenvalue weighted by molar-refractivity contribution is 6.22. The van der Waals surface area contributed by atoms with E-state index in [2.05, 4.69) is 0 Å². The summed E-state index contributed by atoms with van der Waals surface area (Å²) in [7, 11) is 0. The SMILES string of the molecule is O=C1c2ccccc2C(=O)N1CC1CCC(CN2C(=O)c3ccccc3C2=O)O1. The van der Waals surface area contributed by atoms with E-state index in [9.17, 15) is 19.2 Å². The van der Waals surface area contributed by atoms with Gasteiger partial charge in [0.2, 0.25) is 0 Å². The molecule has 0 N–H and O–H groups in total. The predicted molar refractivity (Wildman–Crippen MR) is 102 cm³/mol. The first-order valence-electron chi connectivity index (χ1n) is 9.60. The van der Waals surface area contributed by atoms with Crippen molar-refractivity contribution in [3.8, 4) is 0 Å². The molecule has 7 nitrogen and oxygen atoms in total. The molecule has 146 valence electrons. The minimum atomic E-state index is -0.308. The molecule has 0 aliphatic carbocycles. The van der Waals surface area contributed by atoms with Crippen LogP contribution in [0.15, 0.2) is 48.5 Å². The van der Waals surface area contributed by atoms with Crippen molar-refractivity contribution in [2.24, 2.45) is 0 Å². The second-order valence-electron chi connectivity index (χ2n) is 7.49. The highest BCUT2D eigenvalue weighted by Gasteiger charge is 2.41. The Morgan fingerprint density at radius 2 is 0.931 bits per heavy atom. The van der Waals surface area contributed by atoms with E-state index in [4.69, 9.17) is 4.74 Å². The Hall–Kier alpha value is -3.32. The van der Waals surface area contributed by atoms with Crippen molar-refractivity contribution >= 4 is 23.6 Å². The standard InChI is InChI=1S/C22H18N2O5/c25-19-15-5-1-2-6-16(15)20(26)23(19)11-13-9-10-14(29-13)12-24-21(27)17-7-3-4-8-18(17)22(24)28/h1-8,13-14H,9-12H2. The second kappa shape index (κ2) is 6.63. The molecular weight excluding hydrogens is 372 g/mol. The van der Waals surface area contributed by atoms with Crippen LogP contribution in [0.25, 0.3) is 0 Å². The molecule has 0 bridgehead atoms. The number of fused-ring (bicyclic) bond motifs is 2. The minimum Gasteiger partial charge on any atom is -0.371 e. The van der Waals surface area contributed by atoms with E-state index in [0.717, 1.165) is 0 Å². The van der Waals surface area contributed by atoms with E-state index in [1.54, 1.807) is 48.5 Å². The Kier molecular flexibility index (Phi) is 4.06. The number of carbonyl (C=O) groups is 4. The number of ether oxygens (including phenoxy) is 1. The summed E-state index contributed by atoms with van der Waals surface area (Å²) in [6.07, 6.45) is 0.692. The number of hydrogen-bond donors (Lipinski definition) is 0. The molecular formula is C22H18N2O5. The number of hydrogen-bond acceptors (Lipinski definition) is 5. The largest absolute Gasteiger partial charge is 0.371 e. The lowest BCUT2D eigenvalue weighted by atomic mass is 10.1. The van der Waals surface area contributed by atoms with Gasteiger partial charge in [-0.05, 0) is 37.1 Å². The first kappa shape index (κ1) is 17.8. The summed E-state index contributed by atoms with van der Waals surface area (Å²) in [5, 5.41) is 0. The monoisotopic (exact) mass is 390 g/mol. The summed E-state index contributed by atoms with van der Waals surface area (Å²) in [5.74, 6) is -1.23. The average molecular weight is 390 g/mol. The zero-order valence-corrected chi connectivity index (χ0v) is 15.5. The number of rotatable bonds is 4. The van der Waals surface area contributed by atoms with Crippen LogP contribution in [-0.2, 0) is 4.74 Å². The minimum absolute atomic E-state index is 0.172. The van der Waals surface area contributed by atoms with Gasteiger partial charge in [-0.2, -0.15) is 0 Å². The van der Waals surface area contributed by atoms with Gasteiger partial charge in [-0.15, -0.1) is 0 Å². The number of benzene rings is 2. The van der Waals surface area contributed by atoms with Crippen LogP contribution in [0.3, 0.4) is 0 Å². The van der Waals surface area contributed by atoms with Crippen molar-refractivity contribution in [3.05, 3.63) is 70.8 Å². The lowest BCUT2D eigenvalue weighted by Crippen LogP contribution is -2.39. The van der Waals surface area contributed by atoms with E-state index in [1.165, 1.54) is 9.80 Å².